The highest BCUT2D eigenvalue weighted by atomic mass is 127. The molecule has 3 rings (SSSR count). The van der Waals surface area contributed by atoms with E-state index in [9.17, 15) is 9.59 Å². The molecular formula is C18H26IN3O4. The Morgan fingerprint density at radius 1 is 1.31 bits per heavy atom. The van der Waals surface area contributed by atoms with E-state index in [-0.39, 0.29) is 24.5 Å². The summed E-state index contributed by atoms with van der Waals surface area (Å²) < 4.78 is 13.5. The Morgan fingerprint density at radius 3 is 2.58 bits per heavy atom. The van der Waals surface area contributed by atoms with E-state index >= 15 is 0 Å². The molecule has 2 heterocycles. The molecule has 1 aliphatic heterocycles. The SMILES string of the molecule is CCOCC(=O)c1c(I)nn2c1CN(C(=O)OC(C)(C)C)C(C1CC1)C2. The van der Waals surface area contributed by atoms with Crippen molar-refractivity contribution in [2.24, 2.45) is 5.92 Å². The molecule has 0 aromatic carbocycles. The van der Waals surface area contributed by atoms with E-state index < -0.39 is 5.60 Å². The zero-order chi connectivity index (χ0) is 19.1. The maximum absolute atomic E-state index is 12.8. The summed E-state index contributed by atoms with van der Waals surface area (Å²) >= 11 is 2.09. The summed E-state index contributed by atoms with van der Waals surface area (Å²) in [7, 11) is 0. The molecule has 0 radical (unpaired) electrons. The van der Waals surface area contributed by atoms with Gasteiger partial charge < -0.3 is 9.47 Å². The van der Waals surface area contributed by atoms with Crippen LogP contribution in [0, 0.1) is 9.62 Å². The van der Waals surface area contributed by atoms with Crippen molar-refractivity contribution in [3.8, 4) is 0 Å². The Bertz CT molecular complexity index is 706. The van der Waals surface area contributed by atoms with Crippen molar-refractivity contribution < 1.29 is 19.1 Å². The topological polar surface area (TPSA) is 73.7 Å². The summed E-state index contributed by atoms with van der Waals surface area (Å²) in [6, 6.07) is 0.0721. The number of aromatic nitrogens is 2. The highest BCUT2D eigenvalue weighted by molar-refractivity contribution is 14.1. The summed E-state index contributed by atoms with van der Waals surface area (Å²) in [5.74, 6) is 0.395. The summed E-state index contributed by atoms with van der Waals surface area (Å²) in [6.07, 6.45) is 1.92. The molecule has 1 amide bonds. The van der Waals surface area contributed by atoms with E-state index in [0.717, 1.165) is 18.5 Å². The summed E-state index contributed by atoms with van der Waals surface area (Å²) in [4.78, 5) is 27.1. The molecule has 7 nitrogen and oxygen atoms in total. The number of ether oxygens (including phenoxy) is 2. The molecule has 0 spiro atoms. The van der Waals surface area contributed by atoms with E-state index in [4.69, 9.17) is 9.47 Å². The third-order valence-corrected chi connectivity index (χ3v) is 5.36. The van der Waals surface area contributed by atoms with Crippen LogP contribution in [0.2, 0.25) is 0 Å². The first kappa shape index (κ1) is 19.6. The third kappa shape index (κ3) is 4.21. The molecule has 0 saturated heterocycles. The number of nitrogens with zero attached hydrogens (tertiary/aromatic N) is 3. The van der Waals surface area contributed by atoms with Crippen molar-refractivity contribution in [3.63, 3.8) is 0 Å². The van der Waals surface area contributed by atoms with Crippen molar-refractivity contribution in [3.05, 3.63) is 15.0 Å². The number of ketones is 1. The normalized spacial score (nSPS) is 20.0. The molecule has 2 aliphatic rings. The van der Waals surface area contributed by atoms with Gasteiger partial charge in [-0.05, 0) is 69.0 Å². The number of amides is 1. The summed E-state index contributed by atoms with van der Waals surface area (Å²) in [5, 5.41) is 4.56. The second kappa shape index (κ2) is 7.46. The summed E-state index contributed by atoms with van der Waals surface area (Å²) in [5.41, 5.74) is 0.800. The Labute approximate surface area is 167 Å². The van der Waals surface area contributed by atoms with Crippen LogP contribution in [0.1, 0.15) is 56.6 Å². The maximum atomic E-state index is 12.8. The van der Waals surface area contributed by atoms with Gasteiger partial charge in [0.25, 0.3) is 0 Å². The van der Waals surface area contributed by atoms with Gasteiger partial charge in [-0.25, -0.2) is 4.79 Å². The standard InChI is InChI=1S/C18H26IN3O4/c1-5-25-10-14(23)15-13-8-21(17(24)26-18(2,3)4)12(11-6-7-11)9-22(13)20-16(15)19/h11-12H,5-10H2,1-4H3. The highest BCUT2D eigenvalue weighted by Crippen LogP contribution is 2.39. The molecule has 1 saturated carbocycles. The fourth-order valence-corrected chi connectivity index (χ4v) is 4.15. The zero-order valence-electron chi connectivity index (χ0n) is 15.7. The fourth-order valence-electron chi connectivity index (χ4n) is 3.28. The predicted octanol–water partition coefficient (Wildman–Crippen LogP) is 3.24. The maximum Gasteiger partial charge on any atom is 0.410 e. The van der Waals surface area contributed by atoms with Crippen LogP contribution in [0.4, 0.5) is 4.79 Å². The minimum absolute atomic E-state index is 0.0314. The monoisotopic (exact) mass is 475 g/mol. The molecule has 0 bridgehead atoms. The Balaban J connectivity index is 1.89. The van der Waals surface area contributed by atoms with Crippen molar-refractivity contribution in [2.45, 2.75) is 65.3 Å². The molecule has 1 aromatic rings. The Kier molecular flexibility index (Phi) is 5.62. The van der Waals surface area contributed by atoms with Gasteiger partial charge in [0.15, 0.2) is 5.78 Å². The molecule has 1 atom stereocenters. The minimum Gasteiger partial charge on any atom is -0.444 e. The van der Waals surface area contributed by atoms with E-state index in [2.05, 4.69) is 27.7 Å². The third-order valence-electron chi connectivity index (χ3n) is 4.61. The van der Waals surface area contributed by atoms with Gasteiger partial charge >= 0.3 is 6.09 Å². The zero-order valence-corrected chi connectivity index (χ0v) is 17.9. The largest absolute Gasteiger partial charge is 0.444 e. The average Bonchev–Trinajstić information content (AvgIpc) is 3.32. The first-order chi connectivity index (χ1) is 12.2. The van der Waals surface area contributed by atoms with Gasteiger partial charge in [-0.3, -0.25) is 14.4 Å². The number of hydrogen-bond acceptors (Lipinski definition) is 5. The van der Waals surface area contributed by atoms with E-state index in [1.807, 2.05) is 32.4 Å². The molecular weight excluding hydrogens is 449 g/mol. The second-order valence-corrected chi connectivity index (χ2v) is 8.89. The number of hydrogen-bond donors (Lipinski definition) is 0. The van der Waals surface area contributed by atoms with Crippen LogP contribution in [0.5, 0.6) is 0 Å². The van der Waals surface area contributed by atoms with Gasteiger partial charge in [0.05, 0.1) is 30.4 Å². The van der Waals surface area contributed by atoms with E-state index in [0.29, 0.717) is 34.9 Å². The van der Waals surface area contributed by atoms with Crippen molar-refractivity contribution in [1.82, 2.24) is 14.7 Å². The molecule has 1 unspecified atom stereocenters. The first-order valence-corrected chi connectivity index (χ1v) is 10.1. The number of carbonyl (C=O) groups excluding carboxylic acids is 2. The number of carbonyl (C=O) groups is 2. The Hall–Kier alpha value is -1.16. The Morgan fingerprint density at radius 2 is 2.00 bits per heavy atom. The molecule has 1 aromatic heterocycles. The van der Waals surface area contributed by atoms with Crippen LogP contribution < -0.4 is 0 Å². The average molecular weight is 475 g/mol. The van der Waals surface area contributed by atoms with Crippen LogP contribution in [-0.2, 0) is 22.6 Å². The number of rotatable bonds is 5. The molecule has 1 aliphatic carbocycles. The quantitative estimate of drug-likeness (QED) is 0.483. The number of fused-ring (bicyclic) bond motifs is 1. The smallest absolute Gasteiger partial charge is 0.410 e. The molecule has 8 heteroatoms. The molecule has 26 heavy (non-hydrogen) atoms. The van der Waals surface area contributed by atoms with Gasteiger partial charge in [0.1, 0.15) is 15.9 Å². The first-order valence-electron chi connectivity index (χ1n) is 9.07. The van der Waals surface area contributed by atoms with E-state index in [1.165, 1.54) is 0 Å². The summed E-state index contributed by atoms with van der Waals surface area (Å²) in [6.45, 7) is 8.93. The lowest BCUT2D eigenvalue weighted by atomic mass is 10.1. The van der Waals surface area contributed by atoms with Crippen LogP contribution in [0.25, 0.3) is 0 Å². The lowest BCUT2D eigenvalue weighted by Crippen LogP contribution is -2.49. The van der Waals surface area contributed by atoms with Gasteiger partial charge in [0, 0.05) is 6.61 Å². The predicted molar refractivity (Wildman–Crippen MR) is 104 cm³/mol. The van der Waals surface area contributed by atoms with Crippen LogP contribution in [-0.4, -0.2) is 51.4 Å². The number of halogens is 1. The highest BCUT2D eigenvalue weighted by Gasteiger charge is 2.43. The van der Waals surface area contributed by atoms with Crippen LogP contribution in [0.3, 0.4) is 0 Å². The van der Waals surface area contributed by atoms with Gasteiger partial charge in [-0.2, -0.15) is 5.10 Å². The lowest BCUT2D eigenvalue weighted by molar-refractivity contribution is 0.00347. The lowest BCUT2D eigenvalue weighted by Gasteiger charge is -2.37. The van der Waals surface area contributed by atoms with Crippen molar-refractivity contribution >= 4 is 34.5 Å². The minimum atomic E-state index is -0.551. The van der Waals surface area contributed by atoms with Gasteiger partial charge in [-0.1, -0.05) is 0 Å². The second-order valence-electron chi connectivity index (χ2n) is 7.87. The van der Waals surface area contributed by atoms with E-state index in [1.54, 1.807) is 4.90 Å². The van der Waals surface area contributed by atoms with Gasteiger partial charge in [0.2, 0.25) is 0 Å². The molecule has 1 fully saturated rings. The molecule has 144 valence electrons. The van der Waals surface area contributed by atoms with Crippen molar-refractivity contribution in [1.29, 1.82) is 0 Å². The number of Topliss-reactive ketones (excluding diaryl/α,β-unsaturated/α-hetero) is 1. The fraction of sp³-hybridized carbons (Fsp3) is 0.722. The van der Waals surface area contributed by atoms with Crippen LogP contribution >= 0.6 is 22.6 Å². The molecule has 0 N–H and O–H groups in total. The van der Waals surface area contributed by atoms with Gasteiger partial charge in [-0.15, -0.1) is 0 Å². The van der Waals surface area contributed by atoms with Crippen molar-refractivity contribution in [2.75, 3.05) is 13.2 Å². The van der Waals surface area contributed by atoms with Crippen LogP contribution in [0.15, 0.2) is 0 Å².